The monoisotopic (exact) mass is 447 g/mol. The molecule has 0 saturated carbocycles. The van der Waals surface area contributed by atoms with Crippen LogP contribution in [0.15, 0.2) is 90.1 Å². The van der Waals surface area contributed by atoms with Crippen molar-refractivity contribution in [3.63, 3.8) is 0 Å². The molecule has 2 aromatic heterocycles. The maximum atomic E-state index is 12.5. The predicted molar refractivity (Wildman–Crippen MR) is 123 cm³/mol. The Labute approximate surface area is 185 Å². The van der Waals surface area contributed by atoms with Gasteiger partial charge in [-0.3, -0.25) is 15.1 Å². The van der Waals surface area contributed by atoms with Crippen molar-refractivity contribution in [3.8, 4) is 33.6 Å². The van der Waals surface area contributed by atoms with E-state index in [0.717, 1.165) is 33.6 Å². The summed E-state index contributed by atoms with van der Waals surface area (Å²) in [4.78, 5) is 17.7. The maximum absolute atomic E-state index is 12.5. The molecule has 2 heterocycles. The smallest absolute Gasteiger partial charge is 0.204 e. The molecular formula is C24H21N3O4S. The number of nitro groups is 1. The van der Waals surface area contributed by atoms with Crippen LogP contribution in [0.5, 0.6) is 0 Å². The summed E-state index contributed by atoms with van der Waals surface area (Å²) in [5, 5.41) is 10.5. The van der Waals surface area contributed by atoms with Crippen LogP contribution in [-0.2, 0) is 9.84 Å². The van der Waals surface area contributed by atoms with E-state index >= 15 is 0 Å². The van der Waals surface area contributed by atoms with E-state index in [2.05, 4.69) is 9.97 Å². The molecule has 0 aliphatic heterocycles. The molecule has 4 aromatic rings. The third kappa shape index (κ3) is 4.76. The molecule has 2 aromatic carbocycles. The van der Waals surface area contributed by atoms with E-state index in [1.54, 1.807) is 36.7 Å². The van der Waals surface area contributed by atoms with E-state index in [4.69, 9.17) is 0 Å². The van der Waals surface area contributed by atoms with Gasteiger partial charge in [0, 0.05) is 35.0 Å². The highest BCUT2D eigenvalue weighted by Crippen LogP contribution is 2.35. The molecule has 0 unspecified atom stereocenters. The average Bonchev–Trinajstić information content (AvgIpc) is 3.26. The van der Waals surface area contributed by atoms with Gasteiger partial charge < -0.3 is 4.98 Å². The Hall–Kier alpha value is -3.78. The van der Waals surface area contributed by atoms with Gasteiger partial charge in [-0.25, -0.2) is 8.42 Å². The highest BCUT2D eigenvalue weighted by Gasteiger charge is 2.17. The predicted octanol–water partition coefficient (Wildman–Crippen LogP) is 4.85. The number of H-pyrrole nitrogens is 1. The molecule has 0 amide bonds. The molecule has 162 valence electrons. The minimum Gasteiger partial charge on any atom is -0.354 e. The van der Waals surface area contributed by atoms with Crippen LogP contribution < -0.4 is 0 Å². The standard InChI is InChI=1S/C24H21N3O4S/c28-27(29)15-4-16-32(30,31)21-9-7-19(8-10-21)23-17-22(18-11-13-25-14-12-18)24(26-23)20-5-2-1-3-6-20/h1-3,5-14,17,26H,4,15-16H2. The number of nitrogens with zero attached hydrogens (tertiary/aromatic N) is 2. The Kier molecular flexibility index (Phi) is 6.13. The number of hydrogen-bond donors (Lipinski definition) is 1. The summed E-state index contributed by atoms with van der Waals surface area (Å²) in [6, 6.07) is 22.5. The van der Waals surface area contributed by atoms with E-state index in [1.165, 1.54) is 0 Å². The molecule has 0 spiro atoms. The number of nitrogens with one attached hydrogen (secondary N) is 1. The number of rotatable bonds is 8. The molecule has 0 atom stereocenters. The lowest BCUT2D eigenvalue weighted by atomic mass is 10.0. The van der Waals surface area contributed by atoms with Gasteiger partial charge >= 0.3 is 0 Å². The van der Waals surface area contributed by atoms with Crippen LogP contribution in [0.2, 0.25) is 0 Å². The first kappa shape index (κ1) is 21.5. The van der Waals surface area contributed by atoms with Crippen LogP contribution in [0.25, 0.3) is 33.6 Å². The topological polar surface area (TPSA) is 106 Å². The summed E-state index contributed by atoms with van der Waals surface area (Å²) >= 11 is 0. The second-order valence-electron chi connectivity index (χ2n) is 7.33. The number of pyridine rings is 1. The molecule has 1 N–H and O–H groups in total. The molecule has 32 heavy (non-hydrogen) atoms. The molecule has 0 bridgehead atoms. The minimum absolute atomic E-state index is 0.0105. The zero-order valence-corrected chi connectivity index (χ0v) is 18.0. The molecule has 0 fully saturated rings. The van der Waals surface area contributed by atoms with Gasteiger partial charge in [-0.1, -0.05) is 42.5 Å². The van der Waals surface area contributed by atoms with Crippen molar-refractivity contribution < 1.29 is 13.3 Å². The van der Waals surface area contributed by atoms with E-state index in [1.807, 2.05) is 48.5 Å². The highest BCUT2D eigenvalue weighted by atomic mass is 32.2. The Morgan fingerprint density at radius 1 is 0.875 bits per heavy atom. The molecule has 0 radical (unpaired) electrons. The molecule has 8 heteroatoms. The van der Waals surface area contributed by atoms with Crippen molar-refractivity contribution in [2.24, 2.45) is 0 Å². The number of sulfone groups is 1. The van der Waals surface area contributed by atoms with Crippen LogP contribution in [0.3, 0.4) is 0 Å². The maximum Gasteiger partial charge on any atom is 0.204 e. The van der Waals surface area contributed by atoms with Gasteiger partial charge in [0.05, 0.1) is 16.3 Å². The van der Waals surface area contributed by atoms with Crippen LogP contribution in [0.4, 0.5) is 0 Å². The Balaban J connectivity index is 1.67. The zero-order chi connectivity index (χ0) is 22.6. The van der Waals surface area contributed by atoms with Crippen LogP contribution in [0.1, 0.15) is 6.42 Å². The Morgan fingerprint density at radius 2 is 1.56 bits per heavy atom. The SMILES string of the molecule is O=[N+]([O-])CCCS(=O)(=O)c1ccc(-c2cc(-c3ccncc3)c(-c3ccccc3)[nH]2)cc1. The molecule has 4 rings (SSSR count). The van der Waals surface area contributed by atoms with E-state index in [9.17, 15) is 18.5 Å². The normalized spacial score (nSPS) is 11.4. The number of hydrogen-bond acceptors (Lipinski definition) is 5. The van der Waals surface area contributed by atoms with Gasteiger partial charge in [0.15, 0.2) is 9.84 Å². The number of benzene rings is 2. The second-order valence-corrected chi connectivity index (χ2v) is 9.44. The molecule has 7 nitrogen and oxygen atoms in total. The number of aromatic amines is 1. The van der Waals surface area contributed by atoms with Gasteiger partial charge in [0.2, 0.25) is 6.54 Å². The van der Waals surface area contributed by atoms with Crippen molar-refractivity contribution in [2.45, 2.75) is 11.3 Å². The summed E-state index contributed by atoms with van der Waals surface area (Å²) in [5.74, 6) is -0.250. The Bertz CT molecular complexity index is 1260. The fourth-order valence-electron chi connectivity index (χ4n) is 3.55. The quantitative estimate of drug-likeness (QED) is 0.307. The fourth-order valence-corrected chi connectivity index (χ4v) is 4.84. The summed E-state index contributed by atoms with van der Waals surface area (Å²) in [6.45, 7) is -0.361. The van der Waals surface area contributed by atoms with E-state index in [0.29, 0.717) is 0 Å². The van der Waals surface area contributed by atoms with E-state index in [-0.39, 0.29) is 23.6 Å². The van der Waals surface area contributed by atoms with Crippen molar-refractivity contribution in [1.82, 2.24) is 9.97 Å². The Morgan fingerprint density at radius 3 is 2.22 bits per heavy atom. The summed E-state index contributed by atoms with van der Waals surface area (Å²) in [6.07, 6.45) is 3.48. The third-order valence-electron chi connectivity index (χ3n) is 5.15. The highest BCUT2D eigenvalue weighted by molar-refractivity contribution is 7.91. The summed E-state index contributed by atoms with van der Waals surface area (Å²) in [7, 11) is -3.57. The van der Waals surface area contributed by atoms with Crippen molar-refractivity contribution in [1.29, 1.82) is 0 Å². The summed E-state index contributed by atoms with van der Waals surface area (Å²) in [5.41, 5.74) is 5.73. The zero-order valence-electron chi connectivity index (χ0n) is 17.1. The van der Waals surface area contributed by atoms with Gasteiger partial charge in [0.25, 0.3) is 0 Å². The van der Waals surface area contributed by atoms with Crippen LogP contribution >= 0.6 is 0 Å². The van der Waals surface area contributed by atoms with Gasteiger partial charge in [-0.2, -0.15) is 0 Å². The number of aromatic nitrogens is 2. The first-order valence-corrected chi connectivity index (χ1v) is 11.7. The van der Waals surface area contributed by atoms with Crippen LogP contribution in [0, 0.1) is 10.1 Å². The second kappa shape index (κ2) is 9.15. The lowest BCUT2D eigenvalue weighted by Gasteiger charge is -2.05. The lowest BCUT2D eigenvalue weighted by Crippen LogP contribution is -2.11. The van der Waals surface area contributed by atoms with Crippen molar-refractivity contribution in [3.05, 3.63) is 95.3 Å². The van der Waals surface area contributed by atoms with Gasteiger partial charge in [0.1, 0.15) is 0 Å². The molecule has 0 aliphatic rings. The fraction of sp³-hybridized carbons (Fsp3) is 0.125. The molecular weight excluding hydrogens is 426 g/mol. The van der Waals surface area contributed by atoms with Gasteiger partial charge in [-0.15, -0.1) is 0 Å². The first-order chi connectivity index (χ1) is 15.4. The largest absolute Gasteiger partial charge is 0.354 e. The summed E-state index contributed by atoms with van der Waals surface area (Å²) < 4.78 is 24.9. The first-order valence-electron chi connectivity index (χ1n) is 10.1. The van der Waals surface area contributed by atoms with E-state index < -0.39 is 14.8 Å². The van der Waals surface area contributed by atoms with Gasteiger partial charge in [-0.05, 0) is 47.0 Å². The van der Waals surface area contributed by atoms with Crippen molar-refractivity contribution in [2.75, 3.05) is 12.3 Å². The third-order valence-corrected chi connectivity index (χ3v) is 6.97. The minimum atomic E-state index is -3.57. The van der Waals surface area contributed by atoms with Crippen LogP contribution in [-0.4, -0.2) is 35.6 Å². The molecule has 0 aliphatic carbocycles. The van der Waals surface area contributed by atoms with Crippen molar-refractivity contribution >= 4 is 9.84 Å². The average molecular weight is 448 g/mol. The molecule has 0 saturated heterocycles. The lowest BCUT2D eigenvalue weighted by molar-refractivity contribution is -0.479.